The molecule has 5 rings (SSSR count). The van der Waals surface area contributed by atoms with E-state index in [0.29, 0.717) is 0 Å². The number of fused-ring (bicyclic) bond motifs is 4. The first-order chi connectivity index (χ1) is 12.3. The summed E-state index contributed by atoms with van der Waals surface area (Å²) in [4.78, 5) is 7.40. The highest BCUT2D eigenvalue weighted by atomic mass is 15.3. The second-order valence-electron chi connectivity index (χ2n) is 7.07. The minimum absolute atomic E-state index is 0.780. The average molecular weight is 331 g/mol. The first-order valence-corrected chi connectivity index (χ1v) is 9.11. The SMILES string of the molecule is Cc1cccc2c1nc1c(C#N)c3c(c(N4CCNCC4)n12)CCC3. The predicted octanol–water partition coefficient (Wildman–Crippen LogP) is 2.57. The Balaban J connectivity index is 1.95. The third-order valence-electron chi connectivity index (χ3n) is 5.64. The molecule has 0 atom stereocenters. The average Bonchev–Trinajstić information content (AvgIpc) is 3.26. The van der Waals surface area contributed by atoms with E-state index in [9.17, 15) is 5.26 Å². The first kappa shape index (κ1) is 14.7. The molecule has 5 nitrogen and oxygen atoms in total. The molecule has 0 saturated carbocycles. The summed E-state index contributed by atoms with van der Waals surface area (Å²) in [6, 6.07) is 8.79. The van der Waals surface area contributed by atoms with Gasteiger partial charge in [-0.15, -0.1) is 0 Å². The van der Waals surface area contributed by atoms with Crippen LogP contribution in [0.4, 0.5) is 5.82 Å². The highest BCUT2D eigenvalue weighted by molar-refractivity contribution is 5.88. The molecular weight excluding hydrogens is 310 g/mol. The summed E-state index contributed by atoms with van der Waals surface area (Å²) in [7, 11) is 0. The van der Waals surface area contributed by atoms with Crippen LogP contribution < -0.4 is 10.2 Å². The monoisotopic (exact) mass is 331 g/mol. The molecule has 3 heterocycles. The Morgan fingerprint density at radius 2 is 1.96 bits per heavy atom. The van der Waals surface area contributed by atoms with Gasteiger partial charge in [-0.25, -0.2) is 4.98 Å². The van der Waals surface area contributed by atoms with Crippen molar-refractivity contribution in [3.8, 4) is 6.07 Å². The van der Waals surface area contributed by atoms with Gasteiger partial charge in [-0.3, -0.25) is 4.40 Å². The summed E-state index contributed by atoms with van der Waals surface area (Å²) in [6.45, 7) is 6.10. The van der Waals surface area contributed by atoms with Gasteiger partial charge in [-0.1, -0.05) is 12.1 Å². The van der Waals surface area contributed by atoms with Crippen LogP contribution in [0.5, 0.6) is 0 Å². The van der Waals surface area contributed by atoms with Crippen LogP contribution in [-0.2, 0) is 12.8 Å². The number of nitrogens with zero attached hydrogens (tertiary/aromatic N) is 4. The fourth-order valence-electron chi connectivity index (χ4n) is 4.48. The maximum atomic E-state index is 9.87. The van der Waals surface area contributed by atoms with E-state index in [4.69, 9.17) is 4.98 Å². The van der Waals surface area contributed by atoms with Gasteiger partial charge in [0.05, 0.1) is 16.6 Å². The Morgan fingerprint density at radius 3 is 2.76 bits per heavy atom. The number of benzene rings is 1. The van der Waals surface area contributed by atoms with Crippen LogP contribution in [0.15, 0.2) is 18.2 Å². The number of nitriles is 1. The zero-order valence-electron chi connectivity index (χ0n) is 14.5. The summed E-state index contributed by atoms with van der Waals surface area (Å²) in [6.07, 6.45) is 3.19. The molecule has 0 radical (unpaired) electrons. The normalized spacial score (nSPS) is 17.2. The first-order valence-electron chi connectivity index (χ1n) is 9.11. The van der Waals surface area contributed by atoms with E-state index in [-0.39, 0.29) is 0 Å². The van der Waals surface area contributed by atoms with Crippen molar-refractivity contribution in [1.29, 1.82) is 5.26 Å². The largest absolute Gasteiger partial charge is 0.355 e. The number of nitrogens with one attached hydrogen (secondary N) is 1. The van der Waals surface area contributed by atoms with Gasteiger partial charge >= 0.3 is 0 Å². The summed E-state index contributed by atoms with van der Waals surface area (Å²) < 4.78 is 2.26. The molecule has 2 aliphatic rings. The number of hydrogen-bond donors (Lipinski definition) is 1. The van der Waals surface area contributed by atoms with Gasteiger partial charge in [0.25, 0.3) is 0 Å². The highest BCUT2D eigenvalue weighted by Crippen LogP contribution is 2.38. The minimum atomic E-state index is 0.780. The fourth-order valence-corrected chi connectivity index (χ4v) is 4.48. The smallest absolute Gasteiger partial charge is 0.157 e. The Bertz CT molecular complexity index is 1030. The van der Waals surface area contributed by atoms with Crippen molar-refractivity contribution < 1.29 is 0 Å². The van der Waals surface area contributed by atoms with Crippen LogP contribution in [0.25, 0.3) is 16.7 Å². The molecule has 0 bridgehead atoms. The Hall–Kier alpha value is -2.58. The second-order valence-corrected chi connectivity index (χ2v) is 7.07. The zero-order chi connectivity index (χ0) is 17.0. The van der Waals surface area contributed by atoms with Crippen LogP contribution in [0.2, 0.25) is 0 Å². The Morgan fingerprint density at radius 1 is 1.16 bits per heavy atom. The van der Waals surface area contributed by atoms with Gasteiger partial charge in [-0.05, 0) is 48.9 Å². The Kier molecular flexibility index (Phi) is 3.22. The van der Waals surface area contributed by atoms with Crippen molar-refractivity contribution in [3.63, 3.8) is 0 Å². The third kappa shape index (κ3) is 2.01. The number of imidazole rings is 1. The van der Waals surface area contributed by atoms with Gasteiger partial charge in [0.15, 0.2) is 5.65 Å². The molecule has 1 fully saturated rings. The number of para-hydroxylation sites is 1. The molecule has 0 spiro atoms. The van der Waals surface area contributed by atoms with E-state index < -0.39 is 0 Å². The summed E-state index contributed by atoms with van der Waals surface area (Å²) >= 11 is 0. The van der Waals surface area contributed by atoms with Crippen molar-refractivity contribution in [2.45, 2.75) is 26.2 Å². The van der Waals surface area contributed by atoms with Crippen molar-refractivity contribution >= 4 is 22.5 Å². The second kappa shape index (κ2) is 5.47. The van der Waals surface area contributed by atoms with Crippen molar-refractivity contribution in [2.24, 2.45) is 0 Å². The number of piperazine rings is 1. The summed E-state index contributed by atoms with van der Waals surface area (Å²) in [5, 5.41) is 13.3. The number of pyridine rings is 1. The topological polar surface area (TPSA) is 56.4 Å². The lowest BCUT2D eigenvalue weighted by Gasteiger charge is -2.32. The van der Waals surface area contributed by atoms with E-state index in [1.165, 1.54) is 16.9 Å². The van der Waals surface area contributed by atoms with Crippen LogP contribution in [0.3, 0.4) is 0 Å². The lowest BCUT2D eigenvalue weighted by atomic mass is 10.0. The quantitative estimate of drug-likeness (QED) is 0.744. The number of hydrogen-bond acceptors (Lipinski definition) is 4. The van der Waals surface area contributed by atoms with Gasteiger partial charge in [-0.2, -0.15) is 5.26 Å². The lowest BCUT2D eigenvalue weighted by molar-refractivity contribution is 0.582. The minimum Gasteiger partial charge on any atom is -0.355 e. The van der Waals surface area contributed by atoms with E-state index >= 15 is 0 Å². The van der Waals surface area contributed by atoms with Crippen LogP contribution >= 0.6 is 0 Å². The molecule has 3 aromatic rings. The number of anilines is 1. The number of aromatic nitrogens is 2. The van der Waals surface area contributed by atoms with Gasteiger partial charge < -0.3 is 10.2 Å². The van der Waals surface area contributed by atoms with Crippen molar-refractivity contribution in [1.82, 2.24) is 14.7 Å². The van der Waals surface area contributed by atoms with E-state index in [1.807, 2.05) is 0 Å². The van der Waals surface area contributed by atoms with Crippen molar-refractivity contribution in [2.75, 3.05) is 31.1 Å². The molecule has 5 heteroatoms. The standard InChI is InChI=1S/C20H21N5/c1-13-4-2-7-17-18(13)23-19-16(12-21)14-5-3-6-15(14)20(25(17)19)24-10-8-22-9-11-24/h2,4,7,22H,3,5-6,8-11H2,1H3. The van der Waals surface area contributed by atoms with E-state index in [1.54, 1.807) is 0 Å². The van der Waals surface area contributed by atoms with E-state index in [0.717, 1.165) is 73.2 Å². The number of rotatable bonds is 1. The molecule has 0 unspecified atom stereocenters. The highest BCUT2D eigenvalue weighted by Gasteiger charge is 2.29. The molecular formula is C20H21N5. The van der Waals surface area contributed by atoms with Gasteiger partial charge in [0.2, 0.25) is 0 Å². The van der Waals surface area contributed by atoms with Crippen LogP contribution in [0.1, 0.15) is 28.7 Å². The fraction of sp³-hybridized carbons (Fsp3) is 0.400. The summed E-state index contributed by atoms with van der Waals surface area (Å²) in [5.41, 5.74) is 7.51. The number of aryl methyl sites for hydroxylation is 1. The molecule has 126 valence electrons. The molecule has 25 heavy (non-hydrogen) atoms. The molecule has 1 saturated heterocycles. The molecule has 1 aliphatic heterocycles. The van der Waals surface area contributed by atoms with Gasteiger partial charge in [0.1, 0.15) is 11.9 Å². The van der Waals surface area contributed by atoms with Crippen molar-refractivity contribution in [3.05, 3.63) is 40.5 Å². The third-order valence-corrected chi connectivity index (χ3v) is 5.64. The summed E-state index contributed by atoms with van der Waals surface area (Å²) in [5.74, 6) is 1.27. The van der Waals surface area contributed by atoms with Crippen LogP contribution in [-0.4, -0.2) is 35.6 Å². The maximum absolute atomic E-state index is 9.87. The van der Waals surface area contributed by atoms with E-state index in [2.05, 4.69) is 45.8 Å². The Labute approximate surface area is 146 Å². The molecule has 1 N–H and O–H groups in total. The molecule has 1 aliphatic carbocycles. The maximum Gasteiger partial charge on any atom is 0.157 e. The molecule has 2 aromatic heterocycles. The molecule has 0 amide bonds. The lowest BCUT2D eigenvalue weighted by Crippen LogP contribution is -2.44. The predicted molar refractivity (Wildman–Crippen MR) is 99.3 cm³/mol. The zero-order valence-corrected chi connectivity index (χ0v) is 14.5. The van der Waals surface area contributed by atoms with Crippen LogP contribution in [0, 0.1) is 18.3 Å². The molecule has 1 aromatic carbocycles. The van der Waals surface area contributed by atoms with Gasteiger partial charge in [0, 0.05) is 26.2 Å².